The number of nitrogens with one attached hydrogen (secondary N) is 1. The fourth-order valence-electron chi connectivity index (χ4n) is 5.00. The van der Waals surface area contributed by atoms with Crippen molar-refractivity contribution in [3.05, 3.63) is 126 Å². The SMILES string of the molecule is COc1ccc(-c2nc(C3(c4ccccc4)OCC(COCc4ccccc4)O3)[nH]c2-c2ccc(OC)cc2)cc1. The maximum Gasteiger partial charge on any atom is 0.256 e. The number of H-pyrrole nitrogens is 1. The van der Waals surface area contributed by atoms with Gasteiger partial charge in [-0.3, -0.25) is 0 Å². The summed E-state index contributed by atoms with van der Waals surface area (Å²) in [6.45, 7) is 1.25. The van der Waals surface area contributed by atoms with Gasteiger partial charge < -0.3 is 28.7 Å². The van der Waals surface area contributed by atoms with Crippen molar-refractivity contribution in [1.82, 2.24) is 9.97 Å². The predicted molar refractivity (Wildman–Crippen MR) is 157 cm³/mol. The van der Waals surface area contributed by atoms with Crippen LogP contribution < -0.4 is 9.47 Å². The third-order valence-corrected chi connectivity index (χ3v) is 7.13. The molecule has 2 atom stereocenters. The Morgan fingerprint density at radius 1 is 0.780 bits per heavy atom. The minimum absolute atomic E-state index is 0.280. The first-order valence-corrected chi connectivity index (χ1v) is 13.6. The lowest BCUT2D eigenvalue weighted by molar-refractivity contribution is -0.155. The molecule has 4 aromatic carbocycles. The molecule has 0 bridgehead atoms. The number of hydrogen-bond acceptors (Lipinski definition) is 6. The summed E-state index contributed by atoms with van der Waals surface area (Å²) < 4.78 is 30.0. The summed E-state index contributed by atoms with van der Waals surface area (Å²) in [5.41, 5.74) is 5.47. The number of hydrogen-bond donors (Lipinski definition) is 1. The normalized spacial score (nSPS) is 18.3. The van der Waals surface area contributed by atoms with Gasteiger partial charge in [0.15, 0.2) is 5.82 Å². The van der Waals surface area contributed by atoms with Crippen LogP contribution in [0.15, 0.2) is 109 Å². The molecule has 1 aliphatic rings. The van der Waals surface area contributed by atoms with Gasteiger partial charge in [0, 0.05) is 16.7 Å². The molecule has 0 amide bonds. The molecule has 6 rings (SSSR count). The highest BCUT2D eigenvalue weighted by Crippen LogP contribution is 2.42. The van der Waals surface area contributed by atoms with Crippen LogP contribution in [0, 0.1) is 0 Å². The second kappa shape index (κ2) is 12.0. The first-order valence-electron chi connectivity index (χ1n) is 13.6. The van der Waals surface area contributed by atoms with E-state index in [0.29, 0.717) is 25.6 Å². The zero-order chi connectivity index (χ0) is 28.1. The van der Waals surface area contributed by atoms with E-state index in [1.165, 1.54) is 0 Å². The largest absolute Gasteiger partial charge is 0.497 e. The number of ether oxygens (including phenoxy) is 5. The number of aromatic nitrogens is 2. The van der Waals surface area contributed by atoms with Crippen LogP contribution in [0.2, 0.25) is 0 Å². The Balaban J connectivity index is 1.37. The summed E-state index contributed by atoms with van der Waals surface area (Å²) in [7, 11) is 3.31. The fraction of sp³-hybridized carbons (Fsp3) is 0.206. The first-order chi connectivity index (χ1) is 20.2. The van der Waals surface area contributed by atoms with Gasteiger partial charge in [0.2, 0.25) is 0 Å². The van der Waals surface area contributed by atoms with E-state index >= 15 is 0 Å². The van der Waals surface area contributed by atoms with Crippen LogP contribution in [-0.4, -0.2) is 43.5 Å². The van der Waals surface area contributed by atoms with E-state index in [0.717, 1.165) is 45.1 Å². The van der Waals surface area contributed by atoms with E-state index in [4.69, 9.17) is 28.7 Å². The maximum atomic E-state index is 6.69. The molecule has 208 valence electrons. The van der Waals surface area contributed by atoms with Gasteiger partial charge in [0.25, 0.3) is 5.79 Å². The van der Waals surface area contributed by atoms with Crippen molar-refractivity contribution in [3.8, 4) is 34.0 Å². The van der Waals surface area contributed by atoms with Gasteiger partial charge in [-0.1, -0.05) is 60.7 Å². The molecule has 7 heteroatoms. The molecule has 0 radical (unpaired) electrons. The Bertz CT molecular complexity index is 1490. The number of nitrogens with zero attached hydrogens (tertiary/aromatic N) is 1. The molecule has 0 saturated carbocycles. The summed E-state index contributed by atoms with van der Waals surface area (Å²) in [6.07, 6.45) is -0.280. The van der Waals surface area contributed by atoms with Crippen LogP contribution >= 0.6 is 0 Å². The highest BCUT2D eigenvalue weighted by Gasteiger charge is 2.48. The Morgan fingerprint density at radius 3 is 2.02 bits per heavy atom. The molecule has 7 nitrogen and oxygen atoms in total. The molecule has 0 aliphatic carbocycles. The molecule has 1 saturated heterocycles. The number of benzene rings is 4. The average molecular weight is 549 g/mol. The topological polar surface area (TPSA) is 74.8 Å². The molecular formula is C34H32N2O5. The summed E-state index contributed by atoms with van der Waals surface area (Å²) >= 11 is 0. The zero-order valence-corrected chi connectivity index (χ0v) is 23.1. The van der Waals surface area contributed by atoms with Gasteiger partial charge in [-0.05, 0) is 54.1 Å². The lowest BCUT2D eigenvalue weighted by atomic mass is 10.0. The number of rotatable bonds is 10. The minimum atomic E-state index is -1.23. The summed E-state index contributed by atoms with van der Waals surface area (Å²) in [5, 5.41) is 0. The smallest absolute Gasteiger partial charge is 0.256 e. The van der Waals surface area contributed by atoms with Gasteiger partial charge in [0.05, 0.1) is 45.4 Å². The van der Waals surface area contributed by atoms with Gasteiger partial charge in [0.1, 0.15) is 17.6 Å². The minimum Gasteiger partial charge on any atom is -0.497 e. The van der Waals surface area contributed by atoms with E-state index in [-0.39, 0.29) is 6.10 Å². The standard InChI is InChI=1S/C34H32N2O5/c1-37-28-17-13-25(14-18-28)31-32(26-15-19-29(38-2)20-16-26)36-33(35-31)34(27-11-7-4-8-12-27)40-23-30(41-34)22-39-21-24-9-5-3-6-10-24/h3-20,30H,21-23H2,1-2H3,(H,35,36). The van der Waals surface area contributed by atoms with Crippen molar-refractivity contribution in [3.63, 3.8) is 0 Å². The van der Waals surface area contributed by atoms with Crippen molar-refractivity contribution in [1.29, 1.82) is 0 Å². The third-order valence-electron chi connectivity index (χ3n) is 7.13. The molecule has 1 fully saturated rings. The molecule has 2 heterocycles. The Hall–Kier alpha value is -4.43. The predicted octanol–water partition coefficient (Wildman–Crippen LogP) is 6.59. The Kier molecular flexibility index (Phi) is 7.82. The zero-order valence-electron chi connectivity index (χ0n) is 23.1. The highest BCUT2D eigenvalue weighted by atomic mass is 16.8. The van der Waals surface area contributed by atoms with E-state index in [2.05, 4.69) is 4.98 Å². The van der Waals surface area contributed by atoms with Crippen LogP contribution in [0.1, 0.15) is 17.0 Å². The molecule has 0 spiro atoms. The monoisotopic (exact) mass is 548 g/mol. The van der Waals surface area contributed by atoms with Crippen LogP contribution in [-0.2, 0) is 26.6 Å². The van der Waals surface area contributed by atoms with E-state index in [1.807, 2.05) is 109 Å². The summed E-state index contributed by atoms with van der Waals surface area (Å²) in [6, 6.07) is 35.7. The lowest BCUT2D eigenvalue weighted by Crippen LogP contribution is -2.32. The van der Waals surface area contributed by atoms with Crippen molar-refractivity contribution in [2.75, 3.05) is 27.4 Å². The second-order valence-electron chi connectivity index (χ2n) is 9.80. The molecular weight excluding hydrogens is 516 g/mol. The maximum absolute atomic E-state index is 6.69. The van der Waals surface area contributed by atoms with Gasteiger partial charge in [-0.25, -0.2) is 4.98 Å². The van der Waals surface area contributed by atoms with E-state index in [1.54, 1.807) is 14.2 Å². The van der Waals surface area contributed by atoms with Crippen molar-refractivity contribution >= 4 is 0 Å². The van der Waals surface area contributed by atoms with Gasteiger partial charge >= 0.3 is 0 Å². The molecule has 1 N–H and O–H groups in total. The van der Waals surface area contributed by atoms with Crippen molar-refractivity contribution < 1.29 is 23.7 Å². The molecule has 5 aromatic rings. The summed E-state index contributed by atoms with van der Waals surface area (Å²) in [5.74, 6) is 0.887. The van der Waals surface area contributed by atoms with E-state index < -0.39 is 5.79 Å². The number of imidazole rings is 1. The van der Waals surface area contributed by atoms with Crippen LogP contribution in [0.25, 0.3) is 22.5 Å². The van der Waals surface area contributed by atoms with Gasteiger partial charge in [-0.15, -0.1) is 0 Å². The Labute approximate surface area is 239 Å². The van der Waals surface area contributed by atoms with Gasteiger partial charge in [-0.2, -0.15) is 0 Å². The van der Waals surface area contributed by atoms with Crippen molar-refractivity contribution in [2.45, 2.75) is 18.5 Å². The quantitative estimate of drug-likeness (QED) is 0.212. The lowest BCUT2D eigenvalue weighted by Gasteiger charge is -2.26. The third kappa shape index (κ3) is 5.60. The Morgan fingerprint density at radius 2 is 1.39 bits per heavy atom. The molecule has 1 aromatic heterocycles. The van der Waals surface area contributed by atoms with Crippen molar-refractivity contribution in [2.24, 2.45) is 0 Å². The average Bonchev–Trinajstić information content (AvgIpc) is 3.68. The van der Waals surface area contributed by atoms with Crippen LogP contribution in [0.5, 0.6) is 11.5 Å². The first kappa shape index (κ1) is 26.8. The number of methoxy groups -OCH3 is 2. The fourth-order valence-corrected chi connectivity index (χ4v) is 5.00. The van der Waals surface area contributed by atoms with Crippen LogP contribution in [0.4, 0.5) is 0 Å². The second-order valence-corrected chi connectivity index (χ2v) is 9.80. The molecule has 1 aliphatic heterocycles. The van der Waals surface area contributed by atoms with E-state index in [9.17, 15) is 0 Å². The van der Waals surface area contributed by atoms with Crippen LogP contribution in [0.3, 0.4) is 0 Å². The summed E-state index contributed by atoms with van der Waals surface area (Å²) in [4.78, 5) is 8.70. The molecule has 2 unspecified atom stereocenters. The molecule has 41 heavy (non-hydrogen) atoms. The highest BCUT2D eigenvalue weighted by molar-refractivity contribution is 5.79. The number of aromatic amines is 1.